The number of ketones is 2. The lowest BCUT2D eigenvalue weighted by Gasteiger charge is -2.30. The van der Waals surface area contributed by atoms with Crippen LogP contribution in [0.5, 0.6) is 0 Å². The number of fused-ring (bicyclic) bond motifs is 2. The van der Waals surface area contributed by atoms with Crippen LogP contribution < -0.4 is 4.90 Å². The highest BCUT2D eigenvalue weighted by atomic mass is 16.1. The van der Waals surface area contributed by atoms with Gasteiger partial charge in [0.05, 0.1) is 17.3 Å². The van der Waals surface area contributed by atoms with Gasteiger partial charge in [0.1, 0.15) is 5.84 Å². The smallest absolute Gasteiger partial charge is 0.178 e. The van der Waals surface area contributed by atoms with Crippen LogP contribution in [0.1, 0.15) is 41.0 Å². The van der Waals surface area contributed by atoms with Crippen LogP contribution in [0.25, 0.3) is 0 Å². The number of hydrogen-bond donors (Lipinski definition) is 0. The van der Waals surface area contributed by atoms with E-state index in [1.54, 1.807) is 25.4 Å². The monoisotopic (exact) mass is 319 g/mol. The van der Waals surface area contributed by atoms with Gasteiger partial charge >= 0.3 is 0 Å². The predicted molar refractivity (Wildman–Crippen MR) is 92.2 cm³/mol. The van der Waals surface area contributed by atoms with Crippen molar-refractivity contribution in [3.05, 3.63) is 53.9 Å². The molecule has 0 radical (unpaired) electrons. The number of aliphatic imine (C=N–C) groups is 1. The lowest BCUT2D eigenvalue weighted by molar-refractivity contribution is 0.0887. The minimum atomic E-state index is -0.604. The van der Waals surface area contributed by atoms with Crippen molar-refractivity contribution in [1.82, 2.24) is 4.98 Å². The Morgan fingerprint density at radius 2 is 1.96 bits per heavy atom. The summed E-state index contributed by atoms with van der Waals surface area (Å²) in [6.45, 7) is 4.24. The summed E-state index contributed by atoms with van der Waals surface area (Å²) in [5.41, 5.74) is 2.29. The van der Waals surface area contributed by atoms with E-state index in [-0.39, 0.29) is 11.6 Å². The summed E-state index contributed by atoms with van der Waals surface area (Å²) in [5, 5.41) is 0. The zero-order valence-electron chi connectivity index (χ0n) is 13.6. The Morgan fingerprint density at radius 1 is 1.21 bits per heavy atom. The van der Waals surface area contributed by atoms with Crippen LogP contribution in [0.3, 0.4) is 0 Å². The minimum absolute atomic E-state index is 0.0398. The normalized spacial score (nSPS) is 22.0. The van der Waals surface area contributed by atoms with E-state index in [1.807, 2.05) is 31.2 Å². The summed E-state index contributed by atoms with van der Waals surface area (Å²) in [6, 6.07) is 9.19. The van der Waals surface area contributed by atoms with E-state index < -0.39 is 5.41 Å². The summed E-state index contributed by atoms with van der Waals surface area (Å²) >= 11 is 0. The molecule has 0 bridgehead atoms. The summed E-state index contributed by atoms with van der Waals surface area (Å²) in [5.74, 6) is 0.911. The third-order valence-corrected chi connectivity index (χ3v) is 4.94. The summed E-state index contributed by atoms with van der Waals surface area (Å²) < 4.78 is 0. The number of carbonyl (C=O) groups excluding carboxylic acids is 2. The van der Waals surface area contributed by atoms with Crippen LogP contribution in [0, 0.1) is 5.41 Å². The lowest BCUT2D eigenvalue weighted by atomic mass is 9.78. The first kappa shape index (κ1) is 14.8. The third-order valence-electron chi connectivity index (χ3n) is 4.94. The number of pyridine rings is 1. The summed E-state index contributed by atoms with van der Waals surface area (Å²) in [7, 11) is 0. The van der Waals surface area contributed by atoms with Crippen molar-refractivity contribution in [3.8, 4) is 0 Å². The fourth-order valence-electron chi connectivity index (χ4n) is 3.46. The van der Waals surface area contributed by atoms with Gasteiger partial charge in [-0.25, -0.2) is 4.99 Å². The van der Waals surface area contributed by atoms with Crippen LogP contribution in [0.2, 0.25) is 0 Å². The topological polar surface area (TPSA) is 62.6 Å². The van der Waals surface area contributed by atoms with Gasteiger partial charge in [0.25, 0.3) is 0 Å². The number of anilines is 1. The second kappa shape index (κ2) is 5.09. The fourth-order valence-corrected chi connectivity index (χ4v) is 3.46. The fraction of sp³-hybridized carbons (Fsp3) is 0.263. The van der Waals surface area contributed by atoms with Crippen molar-refractivity contribution in [2.45, 2.75) is 20.3 Å². The second-order valence-electron chi connectivity index (χ2n) is 6.49. The Hall–Kier alpha value is -2.82. The number of Topliss-reactive ketones (excluding diaryl/α,β-unsaturated/α-hetero) is 2. The molecule has 1 aromatic heterocycles. The highest BCUT2D eigenvalue weighted by Gasteiger charge is 2.49. The molecule has 4 rings (SSSR count). The van der Waals surface area contributed by atoms with Gasteiger partial charge in [-0.1, -0.05) is 0 Å². The molecule has 1 unspecified atom stereocenters. The molecule has 0 spiro atoms. The van der Waals surface area contributed by atoms with E-state index in [2.05, 4.69) is 9.88 Å². The molecule has 5 nitrogen and oxygen atoms in total. The van der Waals surface area contributed by atoms with E-state index in [9.17, 15) is 9.59 Å². The van der Waals surface area contributed by atoms with Gasteiger partial charge in [0, 0.05) is 29.6 Å². The quantitative estimate of drug-likeness (QED) is 0.796. The molecular formula is C19H17N3O2. The maximum atomic E-state index is 13.0. The number of amidine groups is 1. The Bertz CT molecular complexity index is 886. The van der Waals surface area contributed by atoms with Crippen molar-refractivity contribution < 1.29 is 9.59 Å². The second-order valence-corrected chi connectivity index (χ2v) is 6.49. The standard InChI is InChI=1S/C19H17N3O2/c1-12(23)13-3-5-14(6-4-13)22-10-8-19(2)17(24)15-7-9-20-11-16(15)21-18(19)22/h3-7,9,11H,8,10H2,1-2H3. The molecule has 24 heavy (non-hydrogen) atoms. The molecule has 0 saturated carbocycles. The molecular weight excluding hydrogens is 302 g/mol. The Kier molecular flexibility index (Phi) is 3.13. The Labute approximate surface area is 140 Å². The zero-order chi connectivity index (χ0) is 16.9. The molecule has 2 aliphatic rings. The molecule has 3 heterocycles. The van der Waals surface area contributed by atoms with Gasteiger partial charge in [-0.15, -0.1) is 0 Å². The average Bonchev–Trinajstić information content (AvgIpc) is 2.93. The average molecular weight is 319 g/mol. The van der Waals surface area contributed by atoms with E-state index in [1.165, 1.54) is 0 Å². The first-order valence-corrected chi connectivity index (χ1v) is 7.97. The van der Waals surface area contributed by atoms with Crippen LogP contribution in [-0.4, -0.2) is 28.9 Å². The number of carbonyl (C=O) groups is 2. The SMILES string of the molecule is CC(=O)c1ccc(N2CCC3(C)C(=O)c4ccncc4N=C23)cc1. The van der Waals surface area contributed by atoms with Crippen molar-refractivity contribution in [1.29, 1.82) is 0 Å². The van der Waals surface area contributed by atoms with E-state index in [4.69, 9.17) is 4.99 Å². The van der Waals surface area contributed by atoms with Crippen molar-refractivity contribution in [2.24, 2.45) is 10.4 Å². The van der Waals surface area contributed by atoms with Crippen LogP contribution in [0.4, 0.5) is 11.4 Å². The van der Waals surface area contributed by atoms with Crippen LogP contribution >= 0.6 is 0 Å². The molecule has 120 valence electrons. The molecule has 1 aromatic carbocycles. The minimum Gasteiger partial charge on any atom is -0.329 e. The zero-order valence-corrected chi connectivity index (χ0v) is 13.6. The molecule has 1 fully saturated rings. The maximum absolute atomic E-state index is 13.0. The molecule has 0 N–H and O–H groups in total. The number of aromatic nitrogens is 1. The molecule has 2 aromatic rings. The number of benzene rings is 1. The highest BCUT2D eigenvalue weighted by molar-refractivity contribution is 6.25. The van der Waals surface area contributed by atoms with Crippen LogP contribution in [0.15, 0.2) is 47.7 Å². The van der Waals surface area contributed by atoms with Crippen molar-refractivity contribution >= 4 is 28.8 Å². The molecule has 5 heteroatoms. The molecule has 2 aliphatic heterocycles. The van der Waals surface area contributed by atoms with E-state index >= 15 is 0 Å². The lowest BCUT2D eigenvalue weighted by Crippen LogP contribution is -2.40. The van der Waals surface area contributed by atoms with Crippen molar-refractivity contribution in [3.63, 3.8) is 0 Å². The first-order valence-electron chi connectivity index (χ1n) is 7.97. The maximum Gasteiger partial charge on any atom is 0.178 e. The third kappa shape index (κ3) is 2.01. The van der Waals surface area contributed by atoms with Gasteiger partial charge in [0.2, 0.25) is 0 Å². The molecule has 1 atom stereocenters. The molecule has 0 aliphatic carbocycles. The first-order chi connectivity index (χ1) is 11.5. The van der Waals surface area contributed by atoms with Gasteiger partial charge < -0.3 is 4.90 Å². The highest BCUT2D eigenvalue weighted by Crippen LogP contribution is 2.44. The van der Waals surface area contributed by atoms with Crippen LogP contribution in [-0.2, 0) is 0 Å². The number of nitrogens with zero attached hydrogens (tertiary/aromatic N) is 3. The Morgan fingerprint density at radius 3 is 2.67 bits per heavy atom. The van der Waals surface area contributed by atoms with Gasteiger partial charge in [0.15, 0.2) is 11.6 Å². The predicted octanol–water partition coefficient (Wildman–Crippen LogP) is 3.43. The number of rotatable bonds is 2. The van der Waals surface area contributed by atoms with Gasteiger partial charge in [-0.05, 0) is 50.6 Å². The van der Waals surface area contributed by atoms with E-state index in [0.29, 0.717) is 16.8 Å². The molecule has 1 saturated heterocycles. The number of hydrogen-bond acceptors (Lipinski definition) is 5. The van der Waals surface area contributed by atoms with E-state index in [0.717, 1.165) is 24.5 Å². The van der Waals surface area contributed by atoms with Gasteiger partial charge in [-0.2, -0.15) is 0 Å². The van der Waals surface area contributed by atoms with Crippen molar-refractivity contribution in [2.75, 3.05) is 11.4 Å². The van der Waals surface area contributed by atoms with Gasteiger partial charge in [-0.3, -0.25) is 14.6 Å². The summed E-state index contributed by atoms with van der Waals surface area (Å²) in [4.78, 5) is 35.3. The Balaban J connectivity index is 1.79. The summed E-state index contributed by atoms with van der Waals surface area (Å²) in [6.07, 6.45) is 3.99. The molecule has 0 amide bonds. The largest absolute Gasteiger partial charge is 0.329 e.